The summed E-state index contributed by atoms with van der Waals surface area (Å²) < 4.78 is 4.64. The highest BCUT2D eigenvalue weighted by molar-refractivity contribution is 5.86. The van der Waals surface area contributed by atoms with Crippen LogP contribution in [0.4, 0.5) is 9.59 Å². The number of ether oxygens (including phenoxy) is 1. The molecule has 1 aromatic carbocycles. The summed E-state index contributed by atoms with van der Waals surface area (Å²) in [4.78, 5) is 68.4. The number of rotatable bonds is 9. The molecule has 2 saturated heterocycles. The Labute approximate surface area is 284 Å². The van der Waals surface area contributed by atoms with Crippen molar-refractivity contribution < 1.29 is 29.0 Å². The van der Waals surface area contributed by atoms with Gasteiger partial charge in [-0.2, -0.15) is 0 Å². The van der Waals surface area contributed by atoms with Crippen molar-refractivity contribution in [3.05, 3.63) is 65.6 Å². The molecule has 14 heteroatoms. The van der Waals surface area contributed by atoms with Crippen LogP contribution >= 0.6 is 0 Å². The number of likely N-dealkylation sites (tertiary alicyclic amines) is 2. The number of hydrogen-bond donors (Lipinski definition) is 5. The quantitative estimate of drug-likeness (QED) is 0.213. The van der Waals surface area contributed by atoms with Crippen molar-refractivity contribution in [1.82, 2.24) is 40.4 Å². The van der Waals surface area contributed by atoms with Crippen LogP contribution < -0.4 is 10.6 Å². The Morgan fingerprint density at radius 3 is 1.98 bits per heavy atom. The molecule has 2 fully saturated rings. The van der Waals surface area contributed by atoms with Crippen LogP contribution in [0.1, 0.15) is 99.7 Å². The fourth-order valence-electron chi connectivity index (χ4n) is 7.29. The lowest BCUT2D eigenvalue weighted by Crippen LogP contribution is -2.46. The summed E-state index contributed by atoms with van der Waals surface area (Å²) in [5.41, 5.74) is 5.15. The third-order valence-electron chi connectivity index (χ3n) is 9.92. The SMILES string of the molecule is COC(=O)N[C@@H](C)C(=O)N1CCC[C@H]1c1nc(C2=CCC(c3ccc(-c4c[nH]c([C@@H]5CCCN5C(=O)[C@H](C)NC(=O)O)n4)cc3)CC2)c[nH]1. The molecule has 0 spiro atoms. The maximum Gasteiger partial charge on any atom is 0.407 e. The van der Waals surface area contributed by atoms with E-state index in [0.29, 0.717) is 24.8 Å². The first-order chi connectivity index (χ1) is 23.6. The van der Waals surface area contributed by atoms with Crippen LogP contribution in [0.5, 0.6) is 0 Å². The second-order valence-corrected chi connectivity index (χ2v) is 13.1. The number of nitrogens with zero attached hydrogens (tertiary/aromatic N) is 4. The molecule has 5 atom stereocenters. The first-order valence-corrected chi connectivity index (χ1v) is 17.0. The molecule has 14 nitrogen and oxygen atoms in total. The Hall–Kier alpha value is -5.14. The molecule has 4 heterocycles. The van der Waals surface area contributed by atoms with E-state index in [-0.39, 0.29) is 23.9 Å². The van der Waals surface area contributed by atoms with Crippen molar-refractivity contribution in [2.75, 3.05) is 20.2 Å². The molecule has 1 unspecified atom stereocenters. The summed E-state index contributed by atoms with van der Waals surface area (Å²) in [5.74, 6) is 1.45. The molecule has 0 bridgehead atoms. The summed E-state index contributed by atoms with van der Waals surface area (Å²) in [5, 5.41) is 13.8. The summed E-state index contributed by atoms with van der Waals surface area (Å²) in [6.45, 7) is 4.40. The summed E-state index contributed by atoms with van der Waals surface area (Å²) in [6.07, 6.45) is 10.3. The average Bonchev–Trinajstić information content (AvgIpc) is 3.94. The first-order valence-electron chi connectivity index (χ1n) is 17.0. The van der Waals surface area contributed by atoms with Gasteiger partial charge in [-0.25, -0.2) is 19.6 Å². The summed E-state index contributed by atoms with van der Waals surface area (Å²) >= 11 is 0. The summed E-state index contributed by atoms with van der Waals surface area (Å²) in [7, 11) is 1.28. The van der Waals surface area contributed by atoms with Crippen molar-refractivity contribution in [3.63, 3.8) is 0 Å². The van der Waals surface area contributed by atoms with Crippen LogP contribution in [0.2, 0.25) is 0 Å². The van der Waals surface area contributed by atoms with E-state index in [4.69, 9.17) is 15.1 Å². The highest BCUT2D eigenvalue weighted by Gasteiger charge is 2.36. The lowest BCUT2D eigenvalue weighted by molar-refractivity contribution is -0.134. The van der Waals surface area contributed by atoms with Crippen molar-refractivity contribution in [1.29, 1.82) is 0 Å². The number of alkyl carbamates (subject to hydrolysis) is 1. The van der Waals surface area contributed by atoms with Gasteiger partial charge in [-0.15, -0.1) is 0 Å². The Bertz CT molecular complexity index is 1710. The van der Waals surface area contributed by atoms with Gasteiger partial charge in [-0.05, 0) is 75.8 Å². The van der Waals surface area contributed by atoms with Crippen LogP contribution in [0, 0.1) is 0 Å². The molecule has 3 aromatic rings. The van der Waals surface area contributed by atoms with E-state index >= 15 is 0 Å². The standard InChI is InChI=1S/C35H44N8O6/c1-20(38-34(46)47)32(44)42-16-4-6-28(42)30-36-18-26(40-30)24-12-8-22(9-13-24)23-10-14-25(15-11-23)27-19-37-31(41-27)29-7-5-17-43(29)33(45)21(2)39-35(48)49-3/h8-9,12-14,18-21,23,28-29,38H,4-7,10-11,15-17H2,1-3H3,(H,36,40)(H,37,41)(H,39,48)(H,46,47)/t20-,21-,23?,28-,29-/m0/s1. The van der Waals surface area contributed by atoms with Gasteiger partial charge in [-0.3, -0.25) is 9.59 Å². The summed E-state index contributed by atoms with van der Waals surface area (Å²) in [6, 6.07) is 6.60. The highest BCUT2D eigenvalue weighted by atomic mass is 16.5. The van der Waals surface area contributed by atoms with Gasteiger partial charge in [0.15, 0.2) is 0 Å². The predicted molar refractivity (Wildman–Crippen MR) is 180 cm³/mol. The number of nitrogens with one attached hydrogen (secondary N) is 4. The zero-order chi connectivity index (χ0) is 34.7. The second-order valence-electron chi connectivity index (χ2n) is 13.1. The molecule has 4 amide bonds. The number of methoxy groups -OCH3 is 1. The molecular formula is C35H44N8O6. The molecule has 0 saturated carbocycles. The zero-order valence-electron chi connectivity index (χ0n) is 28.1. The molecule has 49 heavy (non-hydrogen) atoms. The van der Waals surface area contributed by atoms with Crippen LogP contribution in [0.25, 0.3) is 16.8 Å². The smallest absolute Gasteiger partial charge is 0.407 e. The van der Waals surface area contributed by atoms with E-state index in [9.17, 15) is 19.2 Å². The minimum atomic E-state index is -1.22. The minimum Gasteiger partial charge on any atom is -0.465 e. The average molecular weight is 673 g/mol. The second kappa shape index (κ2) is 14.5. The normalized spacial score (nSPS) is 21.9. The number of carbonyl (C=O) groups is 4. The molecular weight excluding hydrogens is 628 g/mol. The number of benzene rings is 1. The molecule has 5 N–H and O–H groups in total. The first kappa shape index (κ1) is 33.7. The number of imidazole rings is 2. The Kier molecular flexibility index (Phi) is 10.0. The maximum atomic E-state index is 13.1. The van der Waals surface area contributed by atoms with Crippen molar-refractivity contribution in [2.24, 2.45) is 0 Å². The molecule has 0 radical (unpaired) electrons. The monoisotopic (exact) mass is 672 g/mol. The van der Waals surface area contributed by atoms with E-state index in [2.05, 4.69) is 55.7 Å². The van der Waals surface area contributed by atoms with Gasteiger partial charge in [-0.1, -0.05) is 30.3 Å². The largest absolute Gasteiger partial charge is 0.465 e. The number of H-pyrrole nitrogens is 2. The lowest BCUT2D eigenvalue weighted by Gasteiger charge is -2.26. The van der Waals surface area contributed by atoms with Gasteiger partial charge in [0.05, 0.1) is 30.6 Å². The van der Waals surface area contributed by atoms with E-state index in [1.54, 1.807) is 23.6 Å². The maximum absolute atomic E-state index is 13.1. The van der Waals surface area contributed by atoms with Gasteiger partial charge in [0, 0.05) is 31.0 Å². The van der Waals surface area contributed by atoms with Gasteiger partial charge in [0.25, 0.3) is 0 Å². The van der Waals surface area contributed by atoms with Gasteiger partial charge in [0.1, 0.15) is 23.7 Å². The number of amides is 4. The van der Waals surface area contributed by atoms with Crippen LogP contribution in [-0.2, 0) is 14.3 Å². The molecule has 260 valence electrons. The number of aromatic amines is 2. The fraction of sp³-hybridized carbons (Fsp3) is 0.486. The van der Waals surface area contributed by atoms with Crippen molar-refractivity contribution >= 4 is 29.6 Å². The van der Waals surface area contributed by atoms with E-state index in [0.717, 1.165) is 67.7 Å². The number of carbonyl (C=O) groups excluding carboxylic acids is 3. The fourth-order valence-corrected chi connectivity index (χ4v) is 7.29. The molecule has 2 aliphatic heterocycles. The Balaban J connectivity index is 1.06. The van der Waals surface area contributed by atoms with Gasteiger partial charge >= 0.3 is 12.2 Å². The van der Waals surface area contributed by atoms with E-state index in [1.807, 2.05) is 12.4 Å². The molecule has 1 aliphatic carbocycles. The third-order valence-corrected chi connectivity index (χ3v) is 9.92. The van der Waals surface area contributed by atoms with Crippen LogP contribution in [0.3, 0.4) is 0 Å². The lowest BCUT2D eigenvalue weighted by atomic mass is 9.83. The Morgan fingerprint density at radius 1 is 0.857 bits per heavy atom. The number of allylic oxidation sites excluding steroid dienone is 2. The van der Waals surface area contributed by atoms with E-state index in [1.165, 1.54) is 18.2 Å². The third kappa shape index (κ3) is 7.32. The van der Waals surface area contributed by atoms with E-state index < -0.39 is 24.3 Å². The molecule has 2 aromatic heterocycles. The number of hydrogen-bond acceptors (Lipinski definition) is 7. The number of aromatic nitrogens is 4. The van der Waals surface area contributed by atoms with Gasteiger partial charge < -0.3 is 40.2 Å². The van der Waals surface area contributed by atoms with Crippen LogP contribution in [0.15, 0.2) is 42.7 Å². The topological polar surface area (TPSA) is 186 Å². The van der Waals surface area contributed by atoms with Crippen molar-refractivity contribution in [2.45, 2.75) is 88.9 Å². The predicted octanol–water partition coefficient (Wildman–Crippen LogP) is 4.88. The Morgan fingerprint density at radius 2 is 1.43 bits per heavy atom. The zero-order valence-corrected chi connectivity index (χ0v) is 28.1. The van der Waals surface area contributed by atoms with Crippen LogP contribution in [-0.4, -0.2) is 91.1 Å². The van der Waals surface area contributed by atoms with Crippen molar-refractivity contribution in [3.8, 4) is 11.3 Å². The molecule has 3 aliphatic rings. The molecule has 6 rings (SSSR count). The highest BCUT2D eigenvalue weighted by Crippen LogP contribution is 2.38. The number of carboxylic acid groups (broad SMARTS) is 1. The van der Waals surface area contributed by atoms with Gasteiger partial charge in [0.2, 0.25) is 11.8 Å². The minimum absolute atomic E-state index is 0.154.